The molecule has 0 aliphatic carbocycles. The molecule has 0 aromatic carbocycles. The Morgan fingerprint density at radius 3 is 2.77 bits per heavy atom. The molecule has 8 nitrogen and oxygen atoms in total. The van der Waals surface area contributed by atoms with Crippen molar-refractivity contribution in [2.75, 3.05) is 18.0 Å². The molecule has 0 bridgehead atoms. The monoisotopic (exact) mass is 431 g/mol. The van der Waals surface area contributed by atoms with E-state index in [-0.39, 0.29) is 6.10 Å². The van der Waals surface area contributed by atoms with E-state index >= 15 is 0 Å². The molecule has 0 spiro atoms. The third kappa shape index (κ3) is 4.08. The zero-order chi connectivity index (χ0) is 22.2. The summed E-state index contributed by atoms with van der Waals surface area (Å²) in [4.78, 5) is 15.0. The van der Waals surface area contributed by atoms with Crippen LogP contribution in [0.1, 0.15) is 12.5 Å². The van der Waals surface area contributed by atoms with E-state index in [1.807, 2.05) is 11.8 Å². The molecule has 4 heterocycles. The van der Waals surface area contributed by atoms with Gasteiger partial charge in [-0.1, -0.05) is 0 Å². The second-order valence-corrected chi connectivity index (χ2v) is 7.18. The number of pyridine rings is 1. The van der Waals surface area contributed by atoms with Crippen LogP contribution in [0.5, 0.6) is 0 Å². The SMILES string of the molecule is C[C@H]1CN(c2nccc(-c3cnc4ccc(C(F)(F)F)cn34)n2)C[C@@H](/C(C=N)=C/N)O1. The number of ether oxygens (including phenoxy) is 1. The van der Waals surface area contributed by atoms with Gasteiger partial charge in [0.2, 0.25) is 5.95 Å². The summed E-state index contributed by atoms with van der Waals surface area (Å²) >= 11 is 0. The zero-order valence-electron chi connectivity index (χ0n) is 16.5. The van der Waals surface area contributed by atoms with Gasteiger partial charge in [0.1, 0.15) is 11.8 Å². The molecule has 4 rings (SSSR count). The predicted molar refractivity (Wildman–Crippen MR) is 109 cm³/mol. The van der Waals surface area contributed by atoms with E-state index < -0.39 is 17.8 Å². The fraction of sp³-hybridized carbons (Fsp3) is 0.300. The molecule has 1 saturated heterocycles. The molecule has 0 unspecified atom stereocenters. The first-order valence-corrected chi connectivity index (χ1v) is 9.50. The Bertz CT molecular complexity index is 1140. The zero-order valence-corrected chi connectivity index (χ0v) is 16.5. The summed E-state index contributed by atoms with van der Waals surface area (Å²) in [7, 11) is 0. The summed E-state index contributed by atoms with van der Waals surface area (Å²) in [6.45, 7) is 2.79. The van der Waals surface area contributed by atoms with Crippen LogP contribution in [0.2, 0.25) is 0 Å². The Labute approximate surface area is 175 Å². The van der Waals surface area contributed by atoms with Gasteiger partial charge in [-0.25, -0.2) is 15.0 Å². The summed E-state index contributed by atoms with van der Waals surface area (Å²) in [6.07, 6.45) is 1.49. The first kappa shape index (κ1) is 20.8. The minimum atomic E-state index is -4.46. The van der Waals surface area contributed by atoms with Gasteiger partial charge in [-0.15, -0.1) is 0 Å². The number of rotatable bonds is 4. The van der Waals surface area contributed by atoms with Crippen molar-refractivity contribution < 1.29 is 17.9 Å². The highest BCUT2D eigenvalue weighted by Gasteiger charge is 2.31. The number of hydrogen-bond donors (Lipinski definition) is 2. The second kappa shape index (κ2) is 7.99. The van der Waals surface area contributed by atoms with Gasteiger partial charge in [-0.3, -0.25) is 4.40 Å². The van der Waals surface area contributed by atoms with E-state index in [1.165, 1.54) is 22.9 Å². The summed E-state index contributed by atoms with van der Waals surface area (Å²) in [5, 5.41) is 7.51. The standard InChI is InChI=1S/C20H20F3N7O/c1-12-9-29(11-17(31-12)13(6-24)7-25)19-26-5-4-15(28-19)16-8-27-18-3-2-14(10-30(16)18)20(21,22)23/h2-8,10,12,17,24H,9,11,25H2,1H3/b13-7+,24-6?/t12-,17-/m0/s1. The lowest BCUT2D eigenvalue weighted by Crippen LogP contribution is -2.48. The van der Waals surface area contributed by atoms with Crippen LogP contribution in [0.4, 0.5) is 19.1 Å². The molecule has 3 N–H and O–H groups in total. The Hall–Kier alpha value is -3.47. The summed E-state index contributed by atoms with van der Waals surface area (Å²) in [6, 6.07) is 3.94. The molecular weight excluding hydrogens is 411 g/mol. The van der Waals surface area contributed by atoms with Crippen LogP contribution in [0.15, 0.2) is 48.6 Å². The van der Waals surface area contributed by atoms with Crippen LogP contribution < -0.4 is 10.6 Å². The highest BCUT2D eigenvalue weighted by Crippen LogP contribution is 2.31. The van der Waals surface area contributed by atoms with E-state index in [0.717, 1.165) is 18.5 Å². The Balaban J connectivity index is 1.70. The van der Waals surface area contributed by atoms with Crippen LogP contribution in [0.25, 0.3) is 17.0 Å². The van der Waals surface area contributed by atoms with E-state index in [9.17, 15) is 13.2 Å². The highest BCUT2D eigenvalue weighted by molar-refractivity contribution is 5.77. The number of alkyl halides is 3. The third-order valence-electron chi connectivity index (χ3n) is 5.01. The first-order valence-electron chi connectivity index (χ1n) is 9.50. The summed E-state index contributed by atoms with van der Waals surface area (Å²) < 4.78 is 46.7. The molecule has 2 atom stereocenters. The number of halogens is 3. The van der Waals surface area contributed by atoms with Crippen molar-refractivity contribution in [2.24, 2.45) is 5.73 Å². The molecule has 1 aliphatic heterocycles. The number of aromatic nitrogens is 4. The lowest BCUT2D eigenvalue weighted by molar-refractivity contribution is -0.137. The first-order chi connectivity index (χ1) is 14.8. The molecule has 31 heavy (non-hydrogen) atoms. The fourth-order valence-electron chi connectivity index (χ4n) is 3.53. The van der Waals surface area contributed by atoms with Crippen molar-refractivity contribution in [2.45, 2.75) is 25.3 Å². The van der Waals surface area contributed by atoms with E-state index in [0.29, 0.717) is 41.6 Å². The van der Waals surface area contributed by atoms with E-state index in [1.54, 1.807) is 12.3 Å². The number of imidazole rings is 1. The van der Waals surface area contributed by atoms with E-state index in [4.69, 9.17) is 15.9 Å². The molecular formula is C20H20F3N7O. The maximum Gasteiger partial charge on any atom is 0.417 e. The molecule has 1 fully saturated rings. The smallest absolute Gasteiger partial charge is 0.404 e. The van der Waals surface area contributed by atoms with Crippen LogP contribution in [-0.2, 0) is 10.9 Å². The molecule has 1 aliphatic rings. The fourth-order valence-corrected chi connectivity index (χ4v) is 3.53. The van der Waals surface area contributed by atoms with Crippen molar-refractivity contribution in [3.63, 3.8) is 0 Å². The molecule has 11 heteroatoms. The molecule has 3 aromatic rings. The average molecular weight is 431 g/mol. The average Bonchev–Trinajstić information content (AvgIpc) is 3.17. The third-order valence-corrected chi connectivity index (χ3v) is 5.01. The van der Waals surface area contributed by atoms with Crippen molar-refractivity contribution >= 4 is 17.8 Å². The maximum absolute atomic E-state index is 13.2. The quantitative estimate of drug-likeness (QED) is 0.616. The number of hydrogen-bond acceptors (Lipinski definition) is 7. The number of nitrogens with two attached hydrogens (primary N) is 1. The topological polar surface area (TPSA) is 105 Å². The van der Waals surface area contributed by atoms with Crippen LogP contribution in [0.3, 0.4) is 0 Å². The normalized spacial score (nSPS) is 20.3. The highest BCUT2D eigenvalue weighted by atomic mass is 19.4. The summed E-state index contributed by atoms with van der Waals surface area (Å²) in [5.41, 5.74) is 6.60. The molecule has 162 valence electrons. The van der Waals surface area contributed by atoms with Gasteiger partial charge in [0, 0.05) is 36.9 Å². The molecule has 0 radical (unpaired) electrons. The number of nitrogens with one attached hydrogen (secondary N) is 1. The Morgan fingerprint density at radius 1 is 1.26 bits per heavy atom. The van der Waals surface area contributed by atoms with Crippen molar-refractivity contribution in [1.82, 2.24) is 19.4 Å². The molecule has 0 saturated carbocycles. The van der Waals surface area contributed by atoms with Gasteiger partial charge in [-0.2, -0.15) is 13.2 Å². The number of nitrogens with zero attached hydrogens (tertiary/aromatic N) is 5. The Kier molecular flexibility index (Phi) is 5.36. The minimum Gasteiger partial charge on any atom is -0.404 e. The second-order valence-electron chi connectivity index (χ2n) is 7.18. The lowest BCUT2D eigenvalue weighted by atomic mass is 10.1. The van der Waals surface area contributed by atoms with Gasteiger partial charge in [0.15, 0.2) is 0 Å². The van der Waals surface area contributed by atoms with Crippen LogP contribution >= 0.6 is 0 Å². The van der Waals surface area contributed by atoms with Crippen molar-refractivity contribution in [3.05, 3.63) is 54.1 Å². The van der Waals surface area contributed by atoms with Gasteiger partial charge >= 0.3 is 6.18 Å². The van der Waals surface area contributed by atoms with Crippen molar-refractivity contribution in [3.8, 4) is 11.4 Å². The van der Waals surface area contributed by atoms with E-state index in [2.05, 4.69) is 15.0 Å². The van der Waals surface area contributed by atoms with Gasteiger partial charge in [-0.05, 0) is 25.1 Å². The summed E-state index contributed by atoms with van der Waals surface area (Å²) in [5.74, 6) is 0.404. The number of fused-ring (bicyclic) bond motifs is 1. The predicted octanol–water partition coefficient (Wildman–Crippen LogP) is 2.90. The van der Waals surface area contributed by atoms with Gasteiger partial charge < -0.3 is 20.8 Å². The van der Waals surface area contributed by atoms with Gasteiger partial charge in [0.05, 0.1) is 35.8 Å². The van der Waals surface area contributed by atoms with Gasteiger partial charge in [0.25, 0.3) is 0 Å². The lowest BCUT2D eigenvalue weighted by Gasteiger charge is -2.37. The maximum atomic E-state index is 13.2. The Morgan fingerprint density at radius 2 is 2.06 bits per heavy atom. The van der Waals surface area contributed by atoms with Crippen LogP contribution in [-0.4, -0.2) is 50.9 Å². The number of anilines is 1. The number of morpholine rings is 1. The van der Waals surface area contributed by atoms with Crippen molar-refractivity contribution in [1.29, 1.82) is 5.41 Å². The molecule has 0 amide bonds. The largest absolute Gasteiger partial charge is 0.417 e. The molecule has 3 aromatic heterocycles. The van der Waals surface area contributed by atoms with Crippen LogP contribution in [0, 0.1) is 5.41 Å². The minimum absolute atomic E-state index is 0.161.